The summed E-state index contributed by atoms with van der Waals surface area (Å²) >= 11 is 0. The predicted molar refractivity (Wildman–Crippen MR) is 141 cm³/mol. The van der Waals surface area contributed by atoms with E-state index in [2.05, 4.69) is 26.0 Å². The highest BCUT2D eigenvalue weighted by Gasteiger charge is 2.30. The number of benzene rings is 1. The Kier molecular flexibility index (Phi) is 7.23. The lowest BCUT2D eigenvalue weighted by atomic mass is 10.2. The standard InChI is InChI=1S/C24H26FN9O2S/c1-4-5-8-14-34(37(35,36)32(2)3)20-21(26)29-23(30-22(20)27)19-17-11-9-13-28-24(17)33(31-19)15-16-10-6-7-12-18(16)25/h1,6-7,9-13H,5,8,14-15H2,2-3H3,(H4,26,27,29,30). The molecule has 11 nitrogen and oxygen atoms in total. The molecule has 0 aliphatic heterocycles. The van der Waals surface area contributed by atoms with Gasteiger partial charge in [0.15, 0.2) is 23.1 Å². The van der Waals surface area contributed by atoms with Gasteiger partial charge in [-0.2, -0.15) is 17.8 Å². The summed E-state index contributed by atoms with van der Waals surface area (Å²) in [7, 11) is -1.18. The molecule has 3 heterocycles. The first-order valence-corrected chi connectivity index (χ1v) is 12.7. The van der Waals surface area contributed by atoms with Crippen molar-refractivity contribution in [2.75, 3.05) is 36.4 Å². The molecule has 37 heavy (non-hydrogen) atoms. The zero-order valence-electron chi connectivity index (χ0n) is 20.3. The maximum Gasteiger partial charge on any atom is 0.303 e. The molecule has 0 unspecified atom stereocenters. The fraction of sp³-hybridized carbons (Fsp3) is 0.250. The second-order valence-electron chi connectivity index (χ2n) is 8.31. The van der Waals surface area contributed by atoms with Crippen molar-refractivity contribution in [3.63, 3.8) is 0 Å². The van der Waals surface area contributed by atoms with Crippen LogP contribution in [0.2, 0.25) is 0 Å². The molecule has 0 amide bonds. The maximum atomic E-state index is 14.3. The average Bonchev–Trinajstić information content (AvgIpc) is 3.22. The molecule has 0 radical (unpaired) electrons. The number of pyridine rings is 1. The van der Waals surface area contributed by atoms with Crippen LogP contribution in [0.25, 0.3) is 22.6 Å². The van der Waals surface area contributed by atoms with Gasteiger partial charge < -0.3 is 11.5 Å². The molecular formula is C24H26FN9O2S. The van der Waals surface area contributed by atoms with Gasteiger partial charge in [0.05, 0.1) is 11.9 Å². The van der Waals surface area contributed by atoms with Crippen LogP contribution in [0.5, 0.6) is 0 Å². The van der Waals surface area contributed by atoms with Gasteiger partial charge in [0.1, 0.15) is 17.2 Å². The summed E-state index contributed by atoms with van der Waals surface area (Å²) in [5, 5.41) is 5.17. The molecule has 0 fully saturated rings. The highest BCUT2D eigenvalue weighted by molar-refractivity contribution is 7.90. The van der Waals surface area contributed by atoms with E-state index in [1.54, 1.807) is 36.5 Å². The van der Waals surface area contributed by atoms with Gasteiger partial charge in [0.2, 0.25) is 0 Å². The van der Waals surface area contributed by atoms with E-state index in [0.29, 0.717) is 35.1 Å². The fourth-order valence-corrected chi connectivity index (χ4v) is 4.96. The number of hydrogen-bond acceptors (Lipinski definition) is 8. The van der Waals surface area contributed by atoms with Gasteiger partial charge >= 0.3 is 10.2 Å². The zero-order chi connectivity index (χ0) is 26.7. The summed E-state index contributed by atoms with van der Waals surface area (Å²) in [6.45, 7) is 0.152. The van der Waals surface area contributed by atoms with E-state index in [4.69, 9.17) is 17.9 Å². The van der Waals surface area contributed by atoms with Crippen molar-refractivity contribution in [3.8, 4) is 23.9 Å². The maximum absolute atomic E-state index is 14.3. The van der Waals surface area contributed by atoms with Crippen LogP contribution >= 0.6 is 0 Å². The number of halogens is 1. The van der Waals surface area contributed by atoms with Gasteiger partial charge in [-0.1, -0.05) is 18.2 Å². The van der Waals surface area contributed by atoms with Crippen molar-refractivity contribution in [1.82, 2.24) is 29.0 Å². The van der Waals surface area contributed by atoms with Crippen LogP contribution in [-0.4, -0.2) is 58.1 Å². The molecule has 0 aliphatic carbocycles. The number of terminal acetylenes is 1. The average molecular weight is 524 g/mol. The summed E-state index contributed by atoms with van der Waals surface area (Å²) in [5.74, 6) is 1.91. The van der Waals surface area contributed by atoms with Crippen LogP contribution in [0, 0.1) is 18.2 Å². The van der Waals surface area contributed by atoms with Crippen LogP contribution in [0.15, 0.2) is 42.6 Å². The van der Waals surface area contributed by atoms with Gasteiger partial charge in [0, 0.05) is 38.8 Å². The van der Waals surface area contributed by atoms with E-state index in [0.717, 1.165) is 8.61 Å². The van der Waals surface area contributed by atoms with Crippen LogP contribution in [0.4, 0.5) is 21.7 Å². The Bertz CT molecular complexity index is 1570. The van der Waals surface area contributed by atoms with E-state index in [-0.39, 0.29) is 42.1 Å². The second kappa shape index (κ2) is 10.4. The van der Waals surface area contributed by atoms with Crippen molar-refractivity contribution in [2.45, 2.75) is 19.4 Å². The summed E-state index contributed by atoms with van der Waals surface area (Å²) in [5.41, 5.74) is 13.7. The summed E-state index contributed by atoms with van der Waals surface area (Å²) in [6, 6.07) is 9.87. The van der Waals surface area contributed by atoms with Gasteiger partial charge in [-0.15, -0.1) is 12.3 Å². The Morgan fingerprint density at radius 3 is 2.46 bits per heavy atom. The topological polar surface area (TPSA) is 149 Å². The van der Waals surface area contributed by atoms with Crippen LogP contribution in [-0.2, 0) is 16.8 Å². The number of anilines is 3. The Morgan fingerprint density at radius 1 is 1.11 bits per heavy atom. The number of aromatic nitrogens is 5. The Morgan fingerprint density at radius 2 is 1.81 bits per heavy atom. The molecule has 3 aromatic heterocycles. The SMILES string of the molecule is C#CCCCN(c1c(N)nc(-c2nn(Cc3ccccc3F)c3ncccc23)nc1N)S(=O)(=O)N(C)C. The van der Waals surface area contributed by atoms with E-state index < -0.39 is 10.2 Å². The lowest BCUT2D eigenvalue weighted by Crippen LogP contribution is -2.41. The summed E-state index contributed by atoms with van der Waals surface area (Å²) in [6.07, 6.45) is 7.66. The number of nitrogens with two attached hydrogens (primary N) is 2. The highest BCUT2D eigenvalue weighted by atomic mass is 32.2. The molecule has 0 saturated carbocycles. The lowest BCUT2D eigenvalue weighted by Gasteiger charge is -2.28. The summed E-state index contributed by atoms with van der Waals surface area (Å²) in [4.78, 5) is 13.1. The quantitative estimate of drug-likeness (QED) is 0.251. The Balaban J connectivity index is 1.81. The third kappa shape index (κ3) is 5.02. The van der Waals surface area contributed by atoms with E-state index in [1.807, 2.05) is 0 Å². The monoisotopic (exact) mass is 523 g/mol. The fourth-order valence-electron chi connectivity index (χ4n) is 3.79. The minimum atomic E-state index is -3.97. The third-order valence-electron chi connectivity index (χ3n) is 5.61. The van der Waals surface area contributed by atoms with Crippen LogP contribution < -0.4 is 15.8 Å². The molecule has 13 heteroatoms. The zero-order valence-corrected chi connectivity index (χ0v) is 21.2. The molecule has 0 spiro atoms. The first-order valence-electron chi connectivity index (χ1n) is 11.3. The number of unbranched alkanes of at least 4 members (excludes halogenated alkanes) is 1. The van der Waals surface area contributed by atoms with Crippen molar-refractivity contribution < 1.29 is 12.8 Å². The van der Waals surface area contributed by atoms with Gasteiger partial charge in [-0.05, 0) is 24.6 Å². The first kappa shape index (κ1) is 25.8. The van der Waals surface area contributed by atoms with Gasteiger partial charge in [-0.3, -0.25) is 4.31 Å². The van der Waals surface area contributed by atoms with E-state index in [9.17, 15) is 12.8 Å². The molecule has 4 N–H and O–H groups in total. The number of rotatable bonds is 9. The van der Waals surface area contributed by atoms with Crippen molar-refractivity contribution in [3.05, 3.63) is 54.0 Å². The molecular weight excluding hydrogens is 497 g/mol. The molecule has 0 atom stereocenters. The van der Waals surface area contributed by atoms with Crippen molar-refractivity contribution >= 4 is 38.6 Å². The van der Waals surface area contributed by atoms with Crippen LogP contribution in [0.1, 0.15) is 18.4 Å². The largest absolute Gasteiger partial charge is 0.382 e. The van der Waals surface area contributed by atoms with Crippen molar-refractivity contribution in [1.29, 1.82) is 0 Å². The smallest absolute Gasteiger partial charge is 0.303 e. The number of hydrogen-bond donors (Lipinski definition) is 2. The Hall–Kier alpha value is -4.28. The minimum Gasteiger partial charge on any atom is -0.382 e. The molecule has 0 aliphatic rings. The number of fused-ring (bicyclic) bond motifs is 1. The summed E-state index contributed by atoms with van der Waals surface area (Å²) < 4.78 is 44.0. The molecule has 4 rings (SSSR count). The predicted octanol–water partition coefficient (Wildman–Crippen LogP) is 2.27. The van der Waals surface area contributed by atoms with E-state index >= 15 is 0 Å². The van der Waals surface area contributed by atoms with Gasteiger partial charge in [0.25, 0.3) is 0 Å². The number of nitrogens with zero attached hydrogens (tertiary/aromatic N) is 7. The van der Waals surface area contributed by atoms with Crippen molar-refractivity contribution in [2.24, 2.45) is 0 Å². The molecule has 0 bridgehead atoms. The lowest BCUT2D eigenvalue weighted by molar-refractivity contribution is 0.514. The third-order valence-corrected chi connectivity index (χ3v) is 7.45. The van der Waals surface area contributed by atoms with E-state index in [1.165, 1.54) is 24.8 Å². The molecule has 0 saturated heterocycles. The highest BCUT2D eigenvalue weighted by Crippen LogP contribution is 2.34. The minimum absolute atomic E-state index is 0.0337. The molecule has 192 valence electrons. The molecule has 1 aromatic carbocycles. The number of nitrogen functional groups attached to an aromatic ring is 2. The van der Waals surface area contributed by atoms with Crippen LogP contribution in [0.3, 0.4) is 0 Å². The first-order chi connectivity index (χ1) is 17.6. The van der Waals surface area contributed by atoms with Gasteiger partial charge in [-0.25, -0.2) is 24.0 Å². The Labute approximate surface area is 214 Å². The second-order valence-corrected chi connectivity index (χ2v) is 10.4. The molecule has 4 aromatic rings. The normalized spacial score (nSPS) is 11.6.